The van der Waals surface area contributed by atoms with Crippen LogP contribution in [-0.2, 0) is 16.0 Å². The fraction of sp³-hybridized carbons (Fsp3) is 0.368. The van der Waals surface area contributed by atoms with Gasteiger partial charge in [-0.15, -0.1) is 0 Å². The molecule has 1 aliphatic rings. The number of hydrogen-bond donors (Lipinski definition) is 3. The third-order valence-corrected chi connectivity index (χ3v) is 8.38. The first-order chi connectivity index (χ1) is 21.8. The number of benzene rings is 3. The Kier molecular flexibility index (Phi) is 12.3. The van der Waals surface area contributed by atoms with Gasteiger partial charge >= 0.3 is 5.97 Å². The number of unbranched alkanes of at least 4 members (excludes halogenated alkanes) is 2. The molecule has 3 aromatic rings. The van der Waals surface area contributed by atoms with E-state index < -0.39 is 31.3 Å². The van der Waals surface area contributed by atoms with Crippen molar-refractivity contribution < 1.29 is 34.4 Å². The highest BCUT2D eigenvalue weighted by atomic mass is 16.6. The van der Waals surface area contributed by atoms with E-state index in [1.54, 1.807) is 12.1 Å². The zero-order valence-electron chi connectivity index (χ0n) is 26.3. The summed E-state index contributed by atoms with van der Waals surface area (Å²) in [6.07, 6.45) is 10.7. The summed E-state index contributed by atoms with van der Waals surface area (Å²) in [6.45, 7) is 6.54. The molecule has 3 aromatic carbocycles. The summed E-state index contributed by atoms with van der Waals surface area (Å²) >= 11 is 0. The molecular formula is C38H44O7. The van der Waals surface area contributed by atoms with E-state index in [-0.39, 0.29) is 17.1 Å². The Balaban J connectivity index is 1.57. The zero-order chi connectivity index (χ0) is 32.3. The van der Waals surface area contributed by atoms with Crippen molar-refractivity contribution >= 4 is 17.3 Å². The molecule has 45 heavy (non-hydrogen) atoms. The maximum absolute atomic E-state index is 12.1. The summed E-state index contributed by atoms with van der Waals surface area (Å²) in [6, 6.07) is 19.2. The molecule has 4 rings (SSSR count). The number of carbonyl (C=O) groups is 2. The quantitative estimate of drug-likeness (QED) is 0.0421. The Labute approximate surface area is 265 Å². The molecule has 0 amide bonds. The number of aryl methyl sites for hydroxylation is 1. The lowest BCUT2D eigenvalue weighted by Gasteiger charge is -2.23. The number of hydrogen-bond acceptors (Lipinski definition) is 7. The van der Waals surface area contributed by atoms with Crippen LogP contribution in [-0.4, -0.2) is 46.6 Å². The molecule has 238 valence electrons. The molecule has 0 fully saturated rings. The van der Waals surface area contributed by atoms with Crippen LogP contribution in [0.5, 0.6) is 11.5 Å². The maximum Gasteiger partial charge on any atom is 0.382 e. The summed E-state index contributed by atoms with van der Waals surface area (Å²) in [5, 5.41) is 28.5. The van der Waals surface area contributed by atoms with Gasteiger partial charge in [0.05, 0.1) is 6.61 Å². The average molecular weight is 613 g/mol. The summed E-state index contributed by atoms with van der Waals surface area (Å²) in [4.78, 5) is 23.7. The molecule has 0 aromatic heterocycles. The van der Waals surface area contributed by atoms with E-state index in [9.17, 15) is 19.8 Å². The third kappa shape index (κ3) is 9.01. The van der Waals surface area contributed by atoms with Crippen molar-refractivity contribution in [3.05, 3.63) is 90.0 Å². The van der Waals surface area contributed by atoms with Gasteiger partial charge in [-0.3, -0.25) is 4.79 Å². The lowest BCUT2D eigenvalue weighted by atomic mass is 9.83. The second-order valence-corrected chi connectivity index (χ2v) is 11.6. The molecule has 0 spiro atoms. The van der Waals surface area contributed by atoms with E-state index in [1.807, 2.05) is 24.3 Å². The fourth-order valence-electron chi connectivity index (χ4n) is 5.69. The predicted octanol–water partition coefficient (Wildman–Crippen LogP) is 7.06. The van der Waals surface area contributed by atoms with Gasteiger partial charge in [-0.25, -0.2) is 4.79 Å². The molecule has 0 heterocycles. The normalized spacial score (nSPS) is 15.2. The minimum absolute atomic E-state index is 0.00616. The molecule has 0 saturated carbocycles. The minimum Gasteiger partial charge on any atom is -0.461 e. The van der Waals surface area contributed by atoms with Crippen LogP contribution >= 0.6 is 0 Å². The fourth-order valence-corrected chi connectivity index (χ4v) is 5.69. The molecule has 0 radical (unpaired) electrons. The first-order valence-corrected chi connectivity index (χ1v) is 15.8. The van der Waals surface area contributed by atoms with E-state index >= 15 is 0 Å². The van der Waals surface area contributed by atoms with Crippen molar-refractivity contribution in [1.29, 1.82) is 0 Å². The van der Waals surface area contributed by atoms with Crippen LogP contribution in [0.15, 0.2) is 78.9 Å². The van der Waals surface area contributed by atoms with E-state index in [2.05, 4.69) is 44.7 Å². The smallest absolute Gasteiger partial charge is 0.382 e. The lowest BCUT2D eigenvalue weighted by Crippen LogP contribution is -2.23. The van der Waals surface area contributed by atoms with E-state index in [0.717, 1.165) is 29.9 Å². The number of ether oxygens (including phenoxy) is 2. The number of esters is 1. The SMILES string of the molecule is C=C(CO)C(O)Oc1cc(OC(=O)C(=O)CO)cc(-c2ccc(-c3ccc(C4=CCC(CCCCC)CC4)cc3CC)cc2)c1. The Hall–Kier alpha value is -4.04. The minimum atomic E-state index is -1.50. The molecule has 0 bridgehead atoms. The lowest BCUT2D eigenvalue weighted by molar-refractivity contribution is -0.148. The van der Waals surface area contributed by atoms with E-state index in [4.69, 9.17) is 14.6 Å². The summed E-state index contributed by atoms with van der Waals surface area (Å²) in [5.74, 6) is -1.38. The molecule has 3 N–H and O–H groups in total. The summed E-state index contributed by atoms with van der Waals surface area (Å²) < 4.78 is 10.7. The van der Waals surface area contributed by atoms with Crippen molar-refractivity contribution in [2.24, 2.45) is 5.92 Å². The number of allylic oxidation sites excluding steroid dienone is 2. The second-order valence-electron chi connectivity index (χ2n) is 11.6. The Morgan fingerprint density at radius 3 is 2.24 bits per heavy atom. The standard InChI is InChI=1S/C38H44O7/c1-4-6-7-8-26-9-11-28(12-10-26)31-17-18-35(27(5-2)19-31)30-15-13-29(14-16-30)32-20-33(44-37(42)25(3)23-39)22-34(21-32)45-38(43)36(41)24-40/h11,13-22,26,37,39-40,42H,3-10,12,23-24H2,1-2H3. The average Bonchev–Trinajstić information content (AvgIpc) is 3.07. The molecular weight excluding hydrogens is 568 g/mol. The highest BCUT2D eigenvalue weighted by Crippen LogP contribution is 2.36. The number of rotatable bonds is 15. The van der Waals surface area contributed by atoms with Crippen molar-refractivity contribution in [3.8, 4) is 33.8 Å². The first-order valence-electron chi connectivity index (χ1n) is 15.8. The Morgan fingerprint density at radius 1 is 0.889 bits per heavy atom. The monoisotopic (exact) mass is 612 g/mol. The molecule has 2 atom stereocenters. The van der Waals surface area contributed by atoms with E-state index in [1.165, 1.54) is 66.9 Å². The van der Waals surface area contributed by atoms with Crippen molar-refractivity contribution in [2.45, 2.75) is 71.5 Å². The summed E-state index contributed by atoms with van der Waals surface area (Å²) in [7, 11) is 0. The number of aliphatic hydroxyl groups excluding tert-OH is 3. The molecule has 7 heteroatoms. The largest absolute Gasteiger partial charge is 0.461 e. The van der Waals surface area contributed by atoms with Crippen molar-refractivity contribution in [3.63, 3.8) is 0 Å². The summed E-state index contributed by atoms with van der Waals surface area (Å²) in [5.41, 5.74) is 7.70. The molecule has 0 saturated heterocycles. The number of ketones is 1. The first kappa shape index (κ1) is 33.8. The van der Waals surface area contributed by atoms with Crippen LogP contribution in [0.25, 0.3) is 27.8 Å². The van der Waals surface area contributed by atoms with Crippen LogP contribution in [0.4, 0.5) is 0 Å². The van der Waals surface area contributed by atoms with E-state index in [0.29, 0.717) is 5.56 Å². The van der Waals surface area contributed by atoms with Gasteiger partial charge in [0.1, 0.15) is 18.1 Å². The molecule has 7 nitrogen and oxygen atoms in total. The zero-order valence-corrected chi connectivity index (χ0v) is 26.3. The van der Waals surface area contributed by atoms with Gasteiger partial charge in [-0.2, -0.15) is 0 Å². The van der Waals surface area contributed by atoms with Gasteiger partial charge in [0.15, 0.2) is 0 Å². The Morgan fingerprint density at radius 2 is 1.60 bits per heavy atom. The van der Waals surface area contributed by atoms with Crippen LogP contribution in [0.2, 0.25) is 0 Å². The van der Waals surface area contributed by atoms with Gasteiger partial charge in [-0.05, 0) is 82.7 Å². The van der Waals surface area contributed by atoms with Crippen molar-refractivity contribution in [2.75, 3.05) is 13.2 Å². The Bertz CT molecular complexity index is 1520. The van der Waals surface area contributed by atoms with Gasteiger partial charge < -0.3 is 24.8 Å². The van der Waals surface area contributed by atoms with Gasteiger partial charge in [-0.1, -0.05) is 94.7 Å². The number of carbonyl (C=O) groups excluding carboxylic acids is 2. The maximum atomic E-state index is 12.1. The van der Waals surface area contributed by atoms with Crippen LogP contribution in [0.3, 0.4) is 0 Å². The molecule has 2 unspecified atom stereocenters. The van der Waals surface area contributed by atoms with Crippen LogP contribution < -0.4 is 9.47 Å². The topological polar surface area (TPSA) is 113 Å². The predicted molar refractivity (Wildman–Crippen MR) is 177 cm³/mol. The van der Waals surface area contributed by atoms with Crippen molar-refractivity contribution in [1.82, 2.24) is 0 Å². The third-order valence-electron chi connectivity index (χ3n) is 8.38. The van der Waals surface area contributed by atoms with Crippen LogP contribution in [0, 0.1) is 5.92 Å². The van der Waals surface area contributed by atoms with Gasteiger partial charge in [0, 0.05) is 11.6 Å². The van der Waals surface area contributed by atoms with Crippen LogP contribution in [0.1, 0.15) is 69.9 Å². The van der Waals surface area contributed by atoms with Gasteiger partial charge in [0.2, 0.25) is 6.29 Å². The molecule has 1 aliphatic carbocycles. The second kappa shape index (κ2) is 16.3. The number of aliphatic hydroxyl groups is 3. The molecule has 0 aliphatic heterocycles. The number of Topliss-reactive ketones (excluding diaryl/α,β-unsaturated/α-hetero) is 1. The highest BCUT2D eigenvalue weighted by Gasteiger charge is 2.19. The van der Waals surface area contributed by atoms with Gasteiger partial charge in [0.25, 0.3) is 5.78 Å². The highest BCUT2D eigenvalue weighted by molar-refractivity contribution is 6.34.